The highest BCUT2D eigenvalue weighted by Gasteiger charge is 2.28. The maximum atomic E-state index is 13.5. The maximum absolute atomic E-state index is 13.5. The minimum Gasteiger partial charge on any atom is -0.465 e. The molecule has 1 aromatic carbocycles. The van der Waals surface area contributed by atoms with Gasteiger partial charge in [0.05, 0.1) is 18.2 Å². The second-order valence-corrected chi connectivity index (χ2v) is 8.89. The maximum Gasteiger partial charge on any atom is 0.354 e. The van der Waals surface area contributed by atoms with Gasteiger partial charge in [0.2, 0.25) is 0 Å². The molecule has 148 valence electrons. The molecule has 0 bridgehead atoms. The third kappa shape index (κ3) is 3.64. The Morgan fingerprint density at radius 2 is 2.03 bits per heavy atom. The average Bonchev–Trinajstić information content (AvgIpc) is 3.07. The van der Waals surface area contributed by atoms with Crippen molar-refractivity contribution in [1.29, 1.82) is 0 Å². The Hall–Kier alpha value is -2.41. The fourth-order valence-corrected chi connectivity index (χ4v) is 4.81. The topological polar surface area (TPSA) is 47.5 Å². The zero-order valence-electron chi connectivity index (χ0n) is 16.1. The molecule has 4 rings (SSSR count). The minimum atomic E-state index is -0.166. The smallest absolute Gasteiger partial charge is 0.354 e. The van der Waals surface area contributed by atoms with E-state index in [1.807, 2.05) is 42.7 Å². The largest absolute Gasteiger partial charge is 0.465 e. The first-order chi connectivity index (χ1) is 13.9. The first kappa shape index (κ1) is 19.9. The molecule has 0 aliphatic rings. The number of halogens is 2. The number of aromatic nitrogens is 3. The lowest BCUT2D eigenvalue weighted by molar-refractivity contribution is -0.670. The Morgan fingerprint density at radius 3 is 2.69 bits per heavy atom. The second kappa shape index (κ2) is 7.78. The van der Waals surface area contributed by atoms with Crippen molar-refractivity contribution in [2.24, 2.45) is 0 Å². The van der Waals surface area contributed by atoms with Crippen LogP contribution in [-0.2, 0) is 6.54 Å². The highest BCUT2D eigenvalue weighted by molar-refractivity contribution is 7.15. The number of pyridine rings is 1. The summed E-state index contributed by atoms with van der Waals surface area (Å²) < 4.78 is 9.89. The number of methoxy groups -OCH3 is 1. The van der Waals surface area contributed by atoms with E-state index in [1.54, 1.807) is 30.0 Å². The first-order valence-corrected chi connectivity index (χ1v) is 10.5. The van der Waals surface area contributed by atoms with E-state index in [0.29, 0.717) is 33.0 Å². The van der Waals surface area contributed by atoms with Crippen LogP contribution in [0.2, 0.25) is 9.49 Å². The summed E-state index contributed by atoms with van der Waals surface area (Å²) in [6.45, 7) is 4.38. The zero-order valence-corrected chi connectivity index (χ0v) is 18.4. The van der Waals surface area contributed by atoms with Gasteiger partial charge in [-0.15, -0.1) is 11.3 Å². The summed E-state index contributed by atoms with van der Waals surface area (Å²) >= 11 is 13.7. The summed E-state index contributed by atoms with van der Waals surface area (Å²) in [6, 6.07) is 9.39. The molecule has 3 aromatic heterocycles. The van der Waals surface area contributed by atoms with Crippen LogP contribution in [-0.4, -0.2) is 16.5 Å². The highest BCUT2D eigenvalue weighted by Crippen LogP contribution is 2.29. The van der Waals surface area contributed by atoms with E-state index < -0.39 is 0 Å². The molecule has 4 aromatic rings. The molecule has 5 nitrogen and oxygen atoms in total. The Balaban J connectivity index is 2.11. The van der Waals surface area contributed by atoms with Crippen LogP contribution in [0, 0.1) is 13.8 Å². The van der Waals surface area contributed by atoms with Gasteiger partial charge in [-0.1, -0.05) is 29.3 Å². The standard InChI is InChI=1S/C21H18Cl2N3O2S/c1-12-7-14(9-15(22)8-12)17-19(27)25-6-4-5-13(2)18(25)26(20(17)28-3)11-16-10-24-21(23)29-16/h4-10H,11H2,1-3H3/q+1. The SMILES string of the molecule is COc1c(-c2cc(C)cc(Cl)c2)c(=O)n2cccc(C)c2[n+]1Cc1cnc(Cl)s1. The fourth-order valence-electron chi connectivity index (χ4n) is 3.56. The third-order valence-electron chi connectivity index (χ3n) is 4.67. The van der Waals surface area contributed by atoms with Crippen molar-refractivity contribution in [1.82, 2.24) is 9.38 Å². The quantitative estimate of drug-likeness (QED) is 0.427. The number of benzene rings is 1. The van der Waals surface area contributed by atoms with Crippen LogP contribution in [0.15, 0.2) is 47.5 Å². The number of hydrogen-bond acceptors (Lipinski definition) is 4. The van der Waals surface area contributed by atoms with Crippen LogP contribution >= 0.6 is 34.5 Å². The predicted molar refractivity (Wildman–Crippen MR) is 117 cm³/mol. The third-order valence-corrected chi connectivity index (χ3v) is 5.99. The number of rotatable bonds is 4. The van der Waals surface area contributed by atoms with E-state index in [0.717, 1.165) is 21.7 Å². The van der Waals surface area contributed by atoms with Crippen LogP contribution in [0.1, 0.15) is 16.0 Å². The van der Waals surface area contributed by atoms with Gasteiger partial charge in [-0.3, -0.25) is 0 Å². The number of hydrogen-bond donors (Lipinski definition) is 0. The van der Waals surface area contributed by atoms with Crippen molar-refractivity contribution in [3.63, 3.8) is 0 Å². The summed E-state index contributed by atoms with van der Waals surface area (Å²) in [7, 11) is 1.57. The van der Waals surface area contributed by atoms with Crippen LogP contribution in [0.3, 0.4) is 0 Å². The summed E-state index contributed by atoms with van der Waals surface area (Å²) in [5, 5.41) is 0.566. The van der Waals surface area contributed by atoms with Crippen molar-refractivity contribution in [3.8, 4) is 17.0 Å². The normalized spacial score (nSPS) is 11.2. The van der Waals surface area contributed by atoms with Gasteiger partial charge in [0.25, 0.3) is 5.65 Å². The van der Waals surface area contributed by atoms with E-state index in [-0.39, 0.29) is 5.56 Å². The molecule has 0 amide bonds. The fraction of sp³-hybridized carbons (Fsp3) is 0.190. The Morgan fingerprint density at radius 1 is 1.24 bits per heavy atom. The molecule has 29 heavy (non-hydrogen) atoms. The lowest BCUT2D eigenvalue weighted by atomic mass is 10.0. The van der Waals surface area contributed by atoms with E-state index in [1.165, 1.54) is 11.3 Å². The molecule has 0 radical (unpaired) electrons. The van der Waals surface area contributed by atoms with Crippen LogP contribution < -0.4 is 14.9 Å². The van der Waals surface area contributed by atoms with E-state index in [4.69, 9.17) is 27.9 Å². The second-order valence-electron chi connectivity index (χ2n) is 6.76. The van der Waals surface area contributed by atoms with E-state index >= 15 is 0 Å². The molecular weight excluding hydrogens is 429 g/mol. The molecule has 0 saturated heterocycles. The predicted octanol–water partition coefficient (Wildman–Crippen LogP) is 4.69. The van der Waals surface area contributed by atoms with Crippen molar-refractivity contribution in [3.05, 3.63) is 78.6 Å². The van der Waals surface area contributed by atoms with Gasteiger partial charge in [-0.2, -0.15) is 8.97 Å². The molecule has 3 heterocycles. The molecule has 0 aliphatic heterocycles. The van der Waals surface area contributed by atoms with Crippen molar-refractivity contribution in [2.75, 3.05) is 7.11 Å². The summed E-state index contributed by atoms with van der Waals surface area (Å²) in [5.41, 5.74) is 3.67. The van der Waals surface area contributed by atoms with Gasteiger partial charge in [-0.25, -0.2) is 9.78 Å². The van der Waals surface area contributed by atoms with Crippen LogP contribution in [0.25, 0.3) is 16.8 Å². The van der Waals surface area contributed by atoms with Crippen molar-refractivity contribution in [2.45, 2.75) is 20.4 Å². The van der Waals surface area contributed by atoms with Crippen molar-refractivity contribution >= 4 is 40.2 Å². The lowest BCUT2D eigenvalue weighted by Crippen LogP contribution is -2.43. The highest BCUT2D eigenvalue weighted by atomic mass is 35.5. The van der Waals surface area contributed by atoms with Gasteiger partial charge in [0, 0.05) is 16.8 Å². The number of fused-ring (bicyclic) bond motifs is 1. The van der Waals surface area contributed by atoms with Gasteiger partial charge < -0.3 is 4.74 Å². The van der Waals surface area contributed by atoms with Gasteiger partial charge in [0.1, 0.15) is 6.54 Å². The van der Waals surface area contributed by atoms with Gasteiger partial charge >= 0.3 is 11.4 Å². The summed E-state index contributed by atoms with van der Waals surface area (Å²) in [4.78, 5) is 18.6. The average molecular weight is 447 g/mol. The first-order valence-electron chi connectivity index (χ1n) is 8.88. The molecule has 8 heteroatoms. The molecule has 0 unspecified atom stereocenters. The number of thiazole rings is 1. The molecule has 0 atom stereocenters. The van der Waals surface area contributed by atoms with Gasteiger partial charge in [0.15, 0.2) is 10.0 Å². The summed E-state index contributed by atoms with van der Waals surface area (Å²) in [5.74, 6) is 0.468. The van der Waals surface area contributed by atoms with E-state index in [9.17, 15) is 4.79 Å². The molecule has 0 saturated carbocycles. The molecule has 0 fully saturated rings. The van der Waals surface area contributed by atoms with Gasteiger partial charge in [-0.05, 0) is 49.2 Å². The molecule has 0 N–H and O–H groups in total. The number of aryl methyl sites for hydroxylation is 2. The van der Waals surface area contributed by atoms with Crippen molar-refractivity contribution < 1.29 is 9.30 Å². The van der Waals surface area contributed by atoms with Crippen LogP contribution in [0.5, 0.6) is 5.88 Å². The van der Waals surface area contributed by atoms with Crippen LogP contribution in [0.4, 0.5) is 0 Å². The van der Waals surface area contributed by atoms with E-state index in [2.05, 4.69) is 4.98 Å². The molecule has 0 spiro atoms. The summed E-state index contributed by atoms with van der Waals surface area (Å²) in [6.07, 6.45) is 3.50. The minimum absolute atomic E-state index is 0.166. The number of ether oxygens (including phenoxy) is 1. The number of nitrogens with zero attached hydrogens (tertiary/aromatic N) is 3. The monoisotopic (exact) mass is 446 g/mol. The Kier molecular flexibility index (Phi) is 5.34. The Bertz CT molecular complexity index is 1280. The zero-order chi connectivity index (χ0) is 20.7. The molecule has 0 aliphatic carbocycles. The molecular formula is C21H18Cl2N3O2S+. The lowest BCUT2D eigenvalue weighted by Gasteiger charge is -2.14. The Labute approximate surface area is 181 Å².